The van der Waals surface area contributed by atoms with Crippen LogP contribution in [0.2, 0.25) is 0 Å². The van der Waals surface area contributed by atoms with Gasteiger partial charge in [-0.3, -0.25) is 14.4 Å². The normalized spacial score (nSPS) is 40.8. The molecule has 1 aliphatic carbocycles. The molecule has 0 radical (unpaired) electrons. The van der Waals surface area contributed by atoms with Crippen LogP contribution >= 0.6 is 0 Å². The number of likely N-dealkylation sites (N-methyl/N-ethyl adjacent to an activating group) is 1. The number of aliphatic hydroxyl groups is 3. The van der Waals surface area contributed by atoms with E-state index in [1.165, 1.54) is 12.0 Å². The van der Waals surface area contributed by atoms with Gasteiger partial charge in [0.2, 0.25) is 5.79 Å². The number of rotatable bonds is 6. The Bertz CT molecular complexity index is 1680. The van der Waals surface area contributed by atoms with Crippen molar-refractivity contribution >= 4 is 23.4 Å². The number of hydrogen-bond acceptors (Lipinski definition) is 12. The molecule has 13 heteroatoms. The molecule has 1 saturated carbocycles. The molecule has 2 bridgehead atoms. The molecule has 1 amide bonds. The number of hydrogen-bond donors (Lipinski definition) is 4. The van der Waals surface area contributed by atoms with Crippen molar-refractivity contribution in [1.29, 1.82) is 0 Å². The largest absolute Gasteiger partial charge is 0.461 e. The van der Waals surface area contributed by atoms with Crippen LogP contribution in [0.25, 0.3) is 0 Å². The molecule has 0 aromatic carbocycles. The van der Waals surface area contributed by atoms with Gasteiger partial charge in [-0.15, -0.1) is 0 Å². The minimum Gasteiger partial charge on any atom is -0.461 e. The number of nitrogens with one attached hydrogen (secondary N) is 1. The molecule has 2 saturated heterocycles. The summed E-state index contributed by atoms with van der Waals surface area (Å²) in [5.41, 5.74) is 1.63. The first-order chi connectivity index (χ1) is 30.3. The summed E-state index contributed by atoms with van der Waals surface area (Å²) in [5.74, 6) is -5.95. The highest BCUT2D eigenvalue weighted by Crippen LogP contribution is 2.37. The zero-order valence-corrected chi connectivity index (χ0v) is 40.5. The Kier molecular flexibility index (Phi) is 21.1. The molecule has 3 heterocycles. The molecule has 3 fully saturated rings. The molecule has 15 atom stereocenters. The van der Waals surface area contributed by atoms with E-state index >= 15 is 0 Å². The average molecular weight is 899 g/mol. The third-order valence-electron chi connectivity index (χ3n) is 14.6. The number of cyclic esters (lactones) is 1. The standard InChI is InChI=1S/C51H82N2O11/c1-31-16-12-11-13-17-33(3)40(52-8)30-39-22-20-37(7)51(60,64-39)48(57)49(58)53-25-15-14-18-41(53)50(59)63-43(34(4)28-38-21-23-42(54)44(29-38)61-9)24-19-32(2)27-36(6)46(56)47(62-10)45(55)35(5)26-31/h11-13,16-17,27,31-32,34-35,37-44,46-47,52,54,56,60H,14-15,18-26,28-30H2,1-10H3/b13-11+,16-12+,33-17+,36-27+/t31-,32+,34-,35-,37-,38+,39+,40+,41+,42-,43+,44-,46-,47+,51-/m1/s1. The number of fused-ring (bicyclic) bond motifs is 3. The van der Waals surface area contributed by atoms with Crippen LogP contribution in [0, 0.1) is 35.5 Å². The van der Waals surface area contributed by atoms with Crippen molar-refractivity contribution in [2.75, 3.05) is 27.8 Å². The molecular weight excluding hydrogens is 817 g/mol. The molecular formula is C51H82N2O11. The Balaban J connectivity index is 1.67. The number of carbonyl (C=O) groups excluding carboxylic acids is 4. The Morgan fingerprint density at radius 2 is 1.59 bits per heavy atom. The smallest absolute Gasteiger partial charge is 0.329 e. The fourth-order valence-electron chi connectivity index (χ4n) is 10.4. The van der Waals surface area contributed by atoms with Crippen LogP contribution in [0.15, 0.2) is 47.6 Å². The fraction of sp³-hybridized carbons (Fsp3) is 0.765. The Morgan fingerprint density at radius 1 is 0.859 bits per heavy atom. The van der Waals surface area contributed by atoms with Gasteiger partial charge in [-0.25, -0.2) is 4.79 Å². The Morgan fingerprint density at radius 3 is 2.28 bits per heavy atom. The van der Waals surface area contributed by atoms with Crippen molar-refractivity contribution < 1.29 is 53.4 Å². The van der Waals surface area contributed by atoms with Crippen LogP contribution in [-0.2, 0) is 38.1 Å². The summed E-state index contributed by atoms with van der Waals surface area (Å²) in [5, 5.41) is 37.2. The molecule has 4 N–H and O–H groups in total. The minimum absolute atomic E-state index is 0.0699. The van der Waals surface area contributed by atoms with Crippen molar-refractivity contribution in [2.45, 2.75) is 186 Å². The second kappa shape index (κ2) is 25.2. The van der Waals surface area contributed by atoms with E-state index in [0.29, 0.717) is 76.2 Å². The average Bonchev–Trinajstić information content (AvgIpc) is 3.27. The van der Waals surface area contributed by atoms with E-state index < -0.39 is 65.9 Å². The highest BCUT2D eigenvalue weighted by Gasteiger charge is 2.53. The van der Waals surface area contributed by atoms with E-state index in [1.807, 2.05) is 64.3 Å². The lowest BCUT2D eigenvalue weighted by Gasteiger charge is -2.43. The van der Waals surface area contributed by atoms with Gasteiger partial charge in [0.05, 0.1) is 18.3 Å². The van der Waals surface area contributed by atoms with Crippen molar-refractivity contribution in [3.05, 3.63) is 47.6 Å². The summed E-state index contributed by atoms with van der Waals surface area (Å²) in [4.78, 5) is 57.8. The summed E-state index contributed by atoms with van der Waals surface area (Å²) in [7, 11) is 4.90. The highest BCUT2D eigenvalue weighted by molar-refractivity contribution is 6.39. The molecule has 64 heavy (non-hydrogen) atoms. The first-order valence-corrected chi connectivity index (χ1v) is 24.1. The van der Waals surface area contributed by atoms with Gasteiger partial charge in [0.25, 0.3) is 11.7 Å². The van der Waals surface area contributed by atoms with E-state index in [0.717, 1.165) is 18.4 Å². The second-order valence-corrected chi connectivity index (χ2v) is 19.8. The summed E-state index contributed by atoms with van der Waals surface area (Å²) in [6.45, 7) is 13.7. The first kappa shape index (κ1) is 53.6. The zero-order valence-electron chi connectivity index (χ0n) is 40.5. The number of ether oxygens (including phenoxy) is 4. The number of amides is 1. The number of piperidine rings is 1. The van der Waals surface area contributed by atoms with Crippen molar-refractivity contribution in [2.24, 2.45) is 35.5 Å². The maximum absolute atomic E-state index is 14.4. The molecule has 0 spiro atoms. The van der Waals surface area contributed by atoms with Crippen LogP contribution in [-0.4, -0.2) is 126 Å². The molecule has 3 aliphatic heterocycles. The lowest BCUT2D eigenvalue weighted by molar-refractivity contribution is -0.264. The predicted octanol–water partition coefficient (Wildman–Crippen LogP) is 6.57. The van der Waals surface area contributed by atoms with Crippen molar-refractivity contribution in [3.63, 3.8) is 0 Å². The van der Waals surface area contributed by atoms with E-state index in [1.54, 1.807) is 21.0 Å². The number of Topliss-reactive ketones (excluding diaryl/α,β-unsaturated/α-hetero) is 2. The van der Waals surface area contributed by atoms with Crippen LogP contribution in [0.3, 0.4) is 0 Å². The SMILES string of the molecule is CN[C@H]1C[C@@H]2CC[C@@H](C)[C@@](O)(O2)C(=O)C(=O)N2CCCC[C@H]2C(=O)O[C@H]([C@H](C)C[C@@H]2CC[C@@H](O)[C@H](OC)C2)CC[C@H](C)/C=C(\C)[C@@H](O)[C@@H](OC)C(=O)[C@H](C)C[C@H](C)/C=C/C=C/C=C/1C. The van der Waals surface area contributed by atoms with Crippen molar-refractivity contribution in [1.82, 2.24) is 10.2 Å². The number of nitrogens with zero attached hydrogens (tertiary/aromatic N) is 1. The summed E-state index contributed by atoms with van der Waals surface area (Å²) < 4.78 is 23.9. The summed E-state index contributed by atoms with van der Waals surface area (Å²) in [6, 6.07) is -1.15. The monoisotopic (exact) mass is 899 g/mol. The van der Waals surface area contributed by atoms with Gasteiger partial charge in [-0.2, -0.15) is 0 Å². The van der Waals surface area contributed by atoms with Crippen LogP contribution in [0.1, 0.15) is 132 Å². The fourth-order valence-corrected chi connectivity index (χ4v) is 10.4. The van der Waals surface area contributed by atoms with Gasteiger partial charge >= 0.3 is 5.97 Å². The van der Waals surface area contributed by atoms with Crippen molar-refractivity contribution in [3.8, 4) is 0 Å². The molecule has 0 aromatic rings. The third-order valence-corrected chi connectivity index (χ3v) is 14.6. The molecule has 0 unspecified atom stereocenters. The van der Waals surface area contributed by atoms with E-state index in [4.69, 9.17) is 18.9 Å². The first-order valence-electron chi connectivity index (χ1n) is 24.1. The number of allylic oxidation sites excluding steroid dienone is 6. The Labute approximate surface area is 383 Å². The molecule has 4 rings (SSSR count). The molecule has 13 nitrogen and oxygen atoms in total. The molecule has 4 aliphatic rings. The quantitative estimate of drug-likeness (QED) is 0.128. The van der Waals surface area contributed by atoms with Crippen LogP contribution in [0.5, 0.6) is 0 Å². The number of esters is 1. The van der Waals surface area contributed by atoms with E-state index in [9.17, 15) is 34.5 Å². The number of aliphatic hydroxyl groups excluding tert-OH is 2. The maximum Gasteiger partial charge on any atom is 0.329 e. The van der Waals surface area contributed by atoms with Crippen LogP contribution in [0.4, 0.5) is 0 Å². The number of methoxy groups -OCH3 is 2. The van der Waals surface area contributed by atoms with Gasteiger partial charge in [-0.05, 0) is 134 Å². The lowest BCUT2D eigenvalue weighted by Crippen LogP contribution is -2.61. The van der Waals surface area contributed by atoms with Gasteiger partial charge in [0.1, 0.15) is 24.4 Å². The lowest BCUT2D eigenvalue weighted by atomic mass is 9.78. The number of carbonyl (C=O) groups is 4. The van der Waals surface area contributed by atoms with Gasteiger partial charge in [-0.1, -0.05) is 76.6 Å². The highest BCUT2D eigenvalue weighted by atomic mass is 16.6. The third kappa shape index (κ3) is 14.2. The summed E-state index contributed by atoms with van der Waals surface area (Å²) >= 11 is 0. The van der Waals surface area contributed by atoms with E-state index in [2.05, 4.69) is 19.2 Å². The second-order valence-electron chi connectivity index (χ2n) is 19.8. The zero-order chi connectivity index (χ0) is 47.3. The van der Waals surface area contributed by atoms with Crippen LogP contribution < -0.4 is 5.32 Å². The predicted molar refractivity (Wildman–Crippen MR) is 247 cm³/mol. The van der Waals surface area contributed by atoms with E-state index in [-0.39, 0.29) is 54.1 Å². The molecule has 0 aromatic heterocycles. The van der Waals surface area contributed by atoms with Gasteiger partial charge in [0.15, 0.2) is 5.78 Å². The molecule has 362 valence electrons. The summed E-state index contributed by atoms with van der Waals surface area (Å²) in [6.07, 6.45) is 15.4. The Hall–Kier alpha value is -3.04. The number of ketones is 2. The topological polar surface area (TPSA) is 181 Å². The maximum atomic E-state index is 14.4. The van der Waals surface area contributed by atoms with Gasteiger partial charge < -0.3 is 44.5 Å². The minimum atomic E-state index is -2.35. The van der Waals surface area contributed by atoms with Gasteiger partial charge in [0, 0.05) is 38.6 Å².